The summed E-state index contributed by atoms with van der Waals surface area (Å²) in [7, 11) is -3.64. The van der Waals surface area contributed by atoms with Crippen LogP contribution in [0.25, 0.3) is 0 Å². The van der Waals surface area contributed by atoms with Gasteiger partial charge < -0.3 is 34.0 Å². The third kappa shape index (κ3) is 7.77. The molecule has 0 aliphatic rings. The van der Waals surface area contributed by atoms with E-state index in [9.17, 15) is 0 Å². The van der Waals surface area contributed by atoms with Crippen molar-refractivity contribution in [2.24, 2.45) is 0 Å². The quantitative estimate of drug-likeness (QED) is 0.136. The first-order valence-electron chi connectivity index (χ1n) is 13.9. The van der Waals surface area contributed by atoms with Gasteiger partial charge in [0.15, 0.2) is 0 Å². The number of halogens is 4. The molecule has 0 nitrogen and oxygen atoms in total. The van der Waals surface area contributed by atoms with Gasteiger partial charge in [-0.05, 0) is 59.7 Å². The van der Waals surface area contributed by atoms with Crippen molar-refractivity contribution < 1.29 is 34.0 Å². The number of hydrogen-bond acceptors (Lipinski definition) is 0. The molecular weight excluding hydrogens is 725 g/mol. The molecule has 42 heavy (non-hydrogen) atoms. The molecule has 218 valence electrons. The van der Waals surface area contributed by atoms with E-state index >= 15 is 0 Å². The Hall–Kier alpha value is -1.50. The Morgan fingerprint density at radius 2 is 0.595 bits per heavy atom. The highest BCUT2D eigenvalue weighted by atomic mass is 79.9. The summed E-state index contributed by atoms with van der Waals surface area (Å²) in [5.74, 6) is 1.27. The highest BCUT2D eigenvalue weighted by Gasteiger charge is 2.45. The molecule has 0 aliphatic heterocycles. The number of rotatable bonds is 12. The zero-order valence-corrected chi connectivity index (χ0v) is 30.0. The second-order valence-corrected chi connectivity index (χ2v) is 18.4. The maximum Gasteiger partial charge on any atom is 0.0995 e. The molecule has 0 radical (unpaired) electrons. The molecule has 0 aliphatic carbocycles. The first-order chi connectivity index (χ1) is 19.7. The van der Waals surface area contributed by atoms with E-state index in [1.165, 1.54) is 32.3 Å². The number of alkyl halides is 2. The fourth-order valence-electron chi connectivity index (χ4n) is 5.93. The molecule has 0 aromatic heterocycles. The van der Waals surface area contributed by atoms with Crippen molar-refractivity contribution in [2.45, 2.75) is 12.3 Å². The topological polar surface area (TPSA) is 0 Å². The van der Waals surface area contributed by atoms with E-state index in [4.69, 9.17) is 23.2 Å². The van der Waals surface area contributed by atoms with Crippen LogP contribution in [0.5, 0.6) is 0 Å². The Balaban J connectivity index is 0.00000242. The summed E-state index contributed by atoms with van der Waals surface area (Å²) in [6, 6.07) is 53.5. The second-order valence-electron chi connectivity index (χ2n) is 10.2. The largest absolute Gasteiger partial charge is 1.00 e. The van der Waals surface area contributed by atoms with Gasteiger partial charge in [-0.3, -0.25) is 0 Å². The van der Waals surface area contributed by atoms with Crippen LogP contribution in [0, 0.1) is 0 Å². The summed E-state index contributed by atoms with van der Waals surface area (Å²) in [5.41, 5.74) is 2.86. The minimum atomic E-state index is -1.82. The summed E-state index contributed by atoms with van der Waals surface area (Å²) in [4.78, 5) is 0. The second kappa shape index (κ2) is 17.1. The molecule has 5 aromatic rings. The zero-order valence-electron chi connectivity index (χ0n) is 23.5. The van der Waals surface area contributed by atoms with Crippen LogP contribution in [0.2, 0.25) is 0 Å². The van der Waals surface area contributed by atoms with E-state index in [0.29, 0.717) is 11.8 Å². The van der Waals surface area contributed by atoms with Gasteiger partial charge in [0.2, 0.25) is 0 Å². The zero-order chi connectivity index (χ0) is 27.7. The van der Waals surface area contributed by atoms with Crippen molar-refractivity contribution in [2.75, 3.05) is 24.1 Å². The lowest BCUT2D eigenvalue weighted by Gasteiger charge is -2.30. The molecular formula is C36H36Br2Cl2P2. The van der Waals surface area contributed by atoms with Crippen LogP contribution in [0.1, 0.15) is 11.1 Å². The van der Waals surface area contributed by atoms with Crippen molar-refractivity contribution >= 4 is 58.9 Å². The van der Waals surface area contributed by atoms with E-state index in [1.54, 1.807) is 0 Å². The van der Waals surface area contributed by atoms with Crippen molar-refractivity contribution in [3.05, 3.63) is 157 Å². The molecule has 6 heteroatoms. The summed E-state index contributed by atoms with van der Waals surface area (Å²) in [6.45, 7) is 0. The van der Waals surface area contributed by atoms with Crippen molar-refractivity contribution in [1.82, 2.24) is 0 Å². The third-order valence-corrected chi connectivity index (χ3v) is 17.7. The van der Waals surface area contributed by atoms with Gasteiger partial charge >= 0.3 is 0 Å². The van der Waals surface area contributed by atoms with Crippen LogP contribution in [0.15, 0.2) is 146 Å². The Morgan fingerprint density at radius 1 is 0.357 bits per heavy atom. The van der Waals surface area contributed by atoms with Gasteiger partial charge in [0.05, 0.1) is 72.2 Å². The lowest BCUT2D eigenvalue weighted by atomic mass is 10.1. The molecule has 0 fully saturated rings. The van der Waals surface area contributed by atoms with Gasteiger partial charge in [-0.15, -0.1) is 23.2 Å². The Morgan fingerprint density at radius 3 is 0.833 bits per heavy atom. The molecule has 0 N–H and O–H groups in total. The van der Waals surface area contributed by atoms with Crippen LogP contribution in [0.3, 0.4) is 0 Å². The minimum absolute atomic E-state index is 0. The molecule has 0 unspecified atom stereocenters. The minimum Gasteiger partial charge on any atom is -1.00 e. The van der Waals surface area contributed by atoms with Crippen molar-refractivity contribution in [1.29, 1.82) is 0 Å². The van der Waals surface area contributed by atoms with Crippen LogP contribution in [-0.4, -0.2) is 24.1 Å². The average molecular weight is 761 g/mol. The highest BCUT2D eigenvalue weighted by molar-refractivity contribution is 7.89. The van der Waals surface area contributed by atoms with E-state index in [1.807, 2.05) is 0 Å². The van der Waals surface area contributed by atoms with E-state index < -0.39 is 14.5 Å². The third-order valence-electron chi connectivity index (χ3n) is 7.93. The van der Waals surface area contributed by atoms with Crippen LogP contribution in [-0.2, 0) is 12.3 Å². The monoisotopic (exact) mass is 758 g/mol. The first kappa shape index (κ1) is 35.0. The Kier molecular flexibility index (Phi) is 14.3. The van der Waals surface area contributed by atoms with E-state index in [2.05, 4.69) is 146 Å². The normalized spacial score (nSPS) is 11.3. The predicted molar refractivity (Wildman–Crippen MR) is 183 cm³/mol. The van der Waals surface area contributed by atoms with E-state index in [-0.39, 0.29) is 34.0 Å². The number of benzene rings is 5. The maximum atomic E-state index is 6.62. The van der Waals surface area contributed by atoms with Crippen LogP contribution in [0.4, 0.5) is 0 Å². The molecule has 0 spiro atoms. The SMILES string of the molecule is ClCC[P+](Cc1ccccc1C[P+](CCCl)(c1ccccc1)c1ccccc1)(c1ccccc1)c1ccccc1.[Br-].[Br-]. The summed E-state index contributed by atoms with van der Waals surface area (Å²) < 4.78 is 0. The lowest BCUT2D eigenvalue weighted by Crippen LogP contribution is -3.00. The van der Waals surface area contributed by atoms with Gasteiger partial charge in [0, 0.05) is 0 Å². The van der Waals surface area contributed by atoms with Crippen LogP contribution < -0.4 is 55.2 Å². The molecule has 0 atom stereocenters. The fraction of sp³-hybridized carbons (Fsp3) is 0.167. The van der Waals surface area contributed by atoms with E-state index in [0.717, 1.165) is 24.6 Å². The predicted octanol–water partition coefficient (Wildman–Crippen LogP) is 2.51. The Bertz CT molecular complexity index is 1280. The van der Waals surface area contributed by atoms with Gasteiger partial charge in [-0.2, -0.15) is 0 Å². The van der Waals surface area contributed by atoms with Gasteiger partial charge in [0.25, 0.3) is 0 Å². The summed E-state index contributed by atoms with van der Waals surface area (Å²) >= 11 is 13.2. The molecule has 0 amide bonds. The first-order valence-corrected chi connectivity index (χ1v) is 19.3. The molecule has 0 saturated heterocycles. The summed E-state index contributed by atoms with van der Waals surface area (Å²) in [6.07, 6.45) is 3.93. The Labute approximate surface area is 284 Å². The van der Waals surface area contributed by atoms with Gasteiger partial charge in [0.1, 0.15) is 0 Å². The van der Waals surface area contributed by atoms with Crippen molar-refractivity contribution in [3.8, 4) is 0 Å². The van der Waals surface area contributed by atoms with Gasteiger partial charge in [-0.1, -0.05) is 97.1 Å². The molecule has 5 aromatic carbocycles. The average Bonchev–Trinajstić information content (AvgIpc) is 3.03. The molecule has 0 heterocycles. The molecule has 0 saturated carbocycles. The fourth-order valence-corrected chi connectivity index (χ4v) is 15.7. The molecule has 0 bridgehead atoms. The summed E-state index contributed by atoms with van der Waals surface area (Å²) in [5, 5.41) is 5.68. The number of hydrogen-bond donors (Lipinski definition) is 0. The van der Waals surface area contributed by atoms with Crippen molar-refractivity contribution in [3.63, 3.8) is 0 Å². The highest BCUT2D eigenvalue weighted by Crippen LogP contribution is 2.62. The molecule has 5 rings (SSSR count). The smallest absolute Gasteiger partial charge is 0.0995 e. The van der Waals surface area contributed by atoms with Gasteiger partial charge in [-0.25, -0.2) is 0 Å². The lowest BCUT2D eigenvalue weighted by molar-refractivity contribution is -0.001000. The standard InChI is InChI=1S/C36H36Cl2P2.2BrH/c37-25-27-39(33-17-5-1-6-18-33,34-19-7-2-8-20-34)29-31-15-13-14-16-32(31)30-40(28-26-38,35-21-9-3-10-22-35)36-23-11-4-12-24-36;;/h1-24H,25-30H2;2*1H/q+2;;/p-2. The van der Waals surface area contributed by atoms with Crippen LogP contribution >= 0.6 is 37.7 Å². The maximum absolute atomic E-state index is 6.62.